The van der Waals surface area contributed by atoms with E-state index in [0.29, 0.717) is 5.69 Å². The number of hydrogen-bond donors (Lipinski definition) is 0. The van der Waals surface area contributed by atoms with E-state index < -0.39 is 21.6 Å². The molecule has 0 N–H and O–H groups in total. The molecular formula is C16H13F3N4O2S. The standard InChI is InChI=1S/C16H13F3N4O2S/c1-2-26(24,25)14-4-3-9-20-15(14)13-10-23(22-21-13)12-7-5-11(6-8-12)16(17,18)19/h3-10H,2H2,1H3. The lowest BCUT2D eigenvalue weighted by Gasteiger charge is -2.07. The van der Waals surface area contributed by atoms with E-state index in [-0.39, 0.29) is 22.0 Å². The van der Waals surface area contributed by atoms with Crippen LogP contribution in [0.3, 0.4) is 0 Å². The number of nitrogens with zero attached hydrogens (tertiary/aromatic N) is 4. The fraction of sp³-hybridized carbons (Fsp3) is 0.188. The van der Waals surface area contributed by atoms with Crippen LogP contribution in [0.2, 0.25) is 0 Å². The van der Waals surface area contributed by atoms with Crippen molar-refractivity contribution in [1.82, 2.24) is 20.0 Å². The second-order valence-electron chi connectivity index (χ2n) is 5.35. The van der Waals surface area contributed by atoms with Crippen molar-refractivity contribution in [2.45, 2.75) is 18.0 Å². The monoisotopic (exact) mass is 382 g/mol. The van der Waals surface area contributed by atoms with Crippen LogP contribution in [0.15, 0.2) is 53.7 Å². The van der Waals surface area contributed by atoms with E-state index in [0.717, 1.165) is 12.1 Å². The van der Waals surface area contributed by atoms with Gasteiger partial charge in [0, 0.05) is 6.20 Å². The maximum Gasteiger partial charge on any atom is 0.416 e. The molecule has 0 saturated carbocycles. The Morgan fingerprint density at radius 2 is 1.81 bits per heavy atom. The van der Waals surface area contributed by atoms with Gasteiger partial charge in [0.25, 0.3) is 0 Å². The van der Waals surface area contributed by atoms with Crippen molar-refractivity contribution < 1.29 is 21.6 Å². The first-order chi connectivity index (χ1) is 12.2. The van der Waals surface area contributed by atoms with E-state index in [2.05, 4.69) is 15.3 Å². The topological polar surface area (TPSA) is 77.7 Å². The van der Waals surface area contributed by atoms with Crippen molar-refractivity contribution in [2.75, 3.05) is 5.75 Å². The van der Waals surface area contributed by atoms with Crippen molar-refractivity contribution in [2.24, 2.45) is 0 Å². The Morgan fingerprint density at radius 1 is 1.12 bits per heavy atom. The molecule has 3 aromatic rings. The molecule has 6 nitrogen and oxygen atoms in total. The lowest BCUT2D eigenvalue weighted by atomic mass is 10.2. The summed E-state index contributed by atoms with van der Waals surface area (Å²) < 4.78 is 63.6. The van der Waals surface area contributed by atoms with Crippen LogP contribution in [-0.4, -0.2) is 34.1 Å². The molecule has 0 atom stereocenters. The summed E-state index contributed by atoms with van der Waals surface area (Å²) in [7, 11) is -3.52. The van der Waals surface area contributed by atoms with E-state index in [1.54, 1.807) is 0 Å². The fourth-order valence-corrected chi connectivity index (χ4v) is 3.34. The third kappa shape index (κ3) is 3.45. The summed E-state index contributed by atoms with van der Waals surface area (Å²) in [5.74, 6) is -0.0985. The van der Waals surface area contributed by atoms with Gasteiger partial charge >= 0.3 is 6.18 Å². The SMILES string of the molecule is CCS(=O)(=O)c1cccnc1-c1cn(-c2ccc(C(F)(F)F)cc2)nn1. The van der Waals surface area contributed by atoms with Crippen LogP contribution in [0, 0.1) is 0 Å². The third-order valence-electron chi connectivity index (χ3n) is 3.68. The fourth-order valence-electron chi connectivity index (χ4n) is 2.29. The quantitative estimate of drug-likeness (QED) is 0.693. The van der Waals surface area contributed by atoms with Crippen molar-refractivity contribution >= 4 is 9.84 Å². The van der Waals surface area contributed by atoms with E-state index in [1.807, 2.05) is 0 Å². The predicted molar refractivity (Wildman–Crippen MR) is 87.3 cm³/mol. The molecule has 0 aliphatic heterocycles. The Bertz CT molecular complexity index is 1030. The first-order valence-corrected chi connectivity index (χ1v) is 9.16. The molecule has 2 heterocycles. The van der Waals surface area contributed by atoms with Gasteiger partial charge in [0.1, 0.15) is 11.4 Å². The highest BCUT2D eigenvalue weighted by Crippen LogP contribution is 2.30. The van der Waals surface area contributed by atoms with Gasteiger partial charge in [0.15, 0.2) is 9.84 Å². The van der Waals surface area contributed by atoms with Gasteiger partial charge < -0.3 is 0 Å². The highest BCUT2D eigenvalue weighted by Gasteiger charge is 2.30. The number of hydrogen-bond acceptors (Lipinski definition) is 5. The van der Waals surface area contributed by atoms with Crippen LogP contribution in [0.1, 0.15) is 12.5 Å². The summed E-state index contributed by atoms with van der Waals surface area (Å²) in [4.78, 5) is 4.10. The molecule has 26 heavy (non-hydrogen) atoms. The second-order valence-corrected chi connectivity index (χ2v) is 7.59. The largest absolute Gasteiger partial charge is 0.416 e. The van der Waals surface area contributed by atoms with Crippen molar-refractivity contribution in [1.29, 1.82) is 0 Å². The number of alkyl halides is 3. The summed E-state index contributed by atoms with van der Waals surface area (Å²) in [6, 6.07) is 7.31. The van der Waals surface area contributed by atoms with Crippen LogP contribution in [0.25, 0.3) is 17.1 Å². The molecule has 0 radical (unpaired) electrons. The van der Waals surface area contributed by atoms with Gasteiger partial charge in [0.05, 0.1) is 28.1 Å². The summed E-state index contributed by atoms with van der Waals surface area (Å²) in [6.45, 7) is 1.52. The minimum Gasteiger partial charge on any atom is -0.253 e. The molecule has 0 amide bonds. The summed E-state index contributed by atoms with van der Waals surface area (Å²) in [6.07, 6.45) is -1.58. The van der Waals surface area contributed by atoms with Crippen molar-refractivity contribution in [3.63, 3.8) is 0 Å². The number of benzene rings is 1. The van der Waals surface area contributed by atoms with Crippen molar-refractivity contribution in [3.05, 3.63) is 54.4 Å². The normalized spacial score (nSPS) is 12.3. The number of pyridine rings is 1. The number of aromatic nitrogens is 4. The summed E-state index contributed by atoms with van der Waals surface area (Å²) in [5, 5.41) is 7.76. The first-order valence-electron chi connectivity index (χ1n) is 7.50. The molecule has 3 rings (SSSR count). The zero-order valence-corrected chi connectivity index (χ0v) is 14.3. The van der Waals surface area contributed by atoms with Gasteiger partial charge in [-0.15, -0.1) is 5.10 Å². The molecule has 0 aliphatic rings. The molecule has 0 spiro atoms. The Labute approximate surface area is 147 Å². The van der Waals surface area contributed by atoms with Crippen LogP contribution < -0.4 is 0 Å². The third-order valence-corrected chi connectivity index (χ3v) is 5.44. The zero-order chi connectivity index (χ0) is 18.9. The van der Waals surface area contributed by atoms with E-state index in [9.17, 15) is 21.6 Å². The number of sulfone groups is 1. The van der Waals surface area contributed by atoms with Gasteiger partial charge in [-0.25, -0.2) is 13.1 Å². The highest BCUT2D eigenvalue weighted by molar-refractivity contribution is 7.91. The lowest BCUT2D eigenvalue weighted by Crippen LogP contribution is -2.06. The molecule has 2 aromatic heterocycles. The van der Waals surface area contributed by atoms with Crippen LogP contribution in [-0.2, 0) is 16.0 Å². The zero-order valence-electron chi connectivity index (χ0n) is 13.5. The Morgan fingerprint density at radius 3 is 2.42 bits per heavy atom. The Balaban J connectivity index is 2.00. The van der Waals surface area contributed by atoms with Gasteiger partial charge in [0.2, 0.25) is 0 Å². The van der Waals surface area contributed by atoms with E-state index in [4.69, 9.17) is 0 Å². The highest BCUT2D eigenvalue weighted by atomic mass is 32.2. The average Bonchev–Trinajstić information content (AvgIpc) is 3.11. The summed E-state index contributed by atoms with van der Waals surface area (Å²) >= 11 is 0. The van der Waals surface area contributed by atoms with Crippen LogP contribution in [0.5, 0.6) is 0 Å². The van der Waals surface area contributed by atoms with Crippen LogP contribution in [0.4, 0.5) is 13.2 Å². The molecular weight excluding hydrogens is 369 g/mol. The number of rotatable bonds is 4. The first kappa shape index (κ1) is 18.1. The molecule has 0 unspecified atom stereocenters. The van der Waals surface area contributed by atoms with E-state index >= 15 is 0 Å². The molecule has 1 aromatic carbocycles. The molecule has 0 bridgehead atoms. The minimum atomic E-state index is -4.43. The van der Waals surface area contributed by atoms with Crippen LogP contribution >= 0.6 is 0 Å². The molecule has 136 valence electrons. The lowest BCUT2D eigenvalue weighted by molar-refractivity contribution is -0.137. The van der Waals surface area contributed by atoms with Gasteiger partial charge in [-0.3, -0.25) is 4.98 Å². The van der Waals surface area contributed by atoms with Crippen molar-refractivity contribution in [3.8, 4) is 17.1 Å². The summed E-state index contributed by atoms with van der Waals surface area (Å²) in [5.41, 5.74) is -0.0692. The average molecular weight is 382 g/mol. The molecule has 0 fully saturated rings. The molecule has 0 aliphatic carbocycles. The van der Waals surface area contributed by atoms with Gasteiger partial charge in [-0.05, 0) is 36.4 Å². The molecule has 0 saturated heterocycles. The van der Waals surface area contributed by atoms with Gasteiger partial charge in [-0.1, -0.05) is 12.1 Å². The maximum absolute atomic E-state index is 12.6. The Hall–Kier alpha value is -2.75. The minimum absolute atomic E-state index is 0.0296. The van der Waals surface area contributed by atoms with E-state index in [1.165, 1.54) is 48.3 Å². The van der Waals surface area contributed by atoms with Gasteiger partial charge in [-0.2, -0.15) is 13.2 Å². The Kier molecular flexibility index (Phi) is 4.53. The second kappa shape index (κ2) is 6.52. The maximum atomic E-state index is 12.6. The predicted octanol–water partition coefficient (Wildman–Crippen LogP) is 3.14. The number of halogens is 3. The molecule has 10 heteroatoms. The smallest absolute Gasteiger partial charge is 0.253 e.